The first-order valence-electron chi connectivity index (χ1n) is 7.65. The van der Waals surface area contributed by atoms with Gasteiger partial charge < -0.3 is 21.1 Å². The van der Waals surface area contributed by atoms with Crippen LogP contribution in [0.1, 0.15) is 12.0 Å². The smallest absolute Gasteiger partial charge is 0.329 e. The highest BCUT2D eigenvalue weighted by atomic mass is 35.5. The molecule has 7 nitrogen and oxygen atoms in total. The van der Waals surface area contributed by atoms with Crippen molar-refractivity contribution in [2.45, 2.75) is 18.9 Å². The molecule has 1 rings (SSSR count). The Morgan fingerprint density at radius 3 is 2.76 bits per heavy atom. The highest BCUT2D eigenvalue weighted by Crippen LogP contribution is 2.10. The third-order valence-electron chi connectivity index (χ3n) is 3.18. The summed E-state index contributed by atoms with van der Waals surface area (Å²) in [5.41, 5.74) is 6.03. The molecule has 0 bridgehead atoms. The van der Waals surface area contributed by atoms with Crippen molar-refractivity contribution in [3.05, 3.63) is 34.9 Å². The summed E-state index contributed by atoms with van der Waals surface area (Å²) in [6.45, 7) is -0.0171. The van der Waals surface area contributed by atoms with Gasteiger partial charge in [-0.1, -0.05) is 23.7 Å². The number of carbonyl (C=O) groups excluding carboxylic acids is 3. The number of benzene rings is 1. The molecule has 1 aromatic rings. The molecule has 25 heavy (non-hydrogen) atoms. The average Bonchev–Trinajstić information content (AvgIpc) is 2.56. The Hall–Kier alpha value is -1.93. The zero-order chi connectivity index (χ0) is 18.7. The molecule has 0 saturated heterocycles. The van der Waals surface area contributed by atoms with Crippen molar-refractivity contribution in [2.24, 2.45) is 5.73 Å². The van der Waals surface area contributed by atoms with Crippen molar-refractivity contribution in [3.8, 4) is 0 Å². The third-order valence-corrected chi connectivity index (χ3v) is 4.06. The van der Waals surface area contributed by atoms with Crippen LogP contribution in [0.5, 0.6) is 0 Å². The van der Waals surface area contributed by atoms with Crippen LogP contribution in [-0.2, 0) is 20.7 Å². The van der Waals surface area contributed by atoms with Gasteiger partial charge in [-0.3, -0.25) is 4.79 Å². The van der Waals surface area contributed by atoms with Gasteiger partial charge in [-0.25, -0.2) is 9.59 Å². The Morgan fingerprint density at radius 1 is 1.36 bits per heavy atom. The predicted octanol–water partition coefficient (Wildman–Crippen LogP) is 1.33. The summed E-state index contributed by atoms with van der Waals surface area (Å²) in [6, 6.07) is 5.67. The van der Waals surface area contributed by atoms with Crippen molar-refractivity contribution in [1.82, 2.24) is 10.6 Å². The van der Waals surface area contributed by atoms with E-state index in [1.807, 2.05) is 24.5 Å². The van der Waals surface area contributed by atoms with Gasteiger partial charge >= 0.3 is 12.0 Å². The quantitative estimate of drug-likeness (QED) is 0.524. The fraction of sp³-hybridized carbons (Fsp3) is 0.438. The Balaban J connectivity index is 2.33. The Morgan fingerprint density at radius 2 is 2.12 bits per heavy atom. The van der Waals surface area contributed by atoms with E-state index in [1.54, 1.807) is 6.07 Å². The highest BCUT2D eigenvalue weighted by Gasteiger charge is 2.21. The molecular formula is C16H22ClN3O4S. The number of urea groups is 1. The molecule has 0 unspecified atom stereocenters. The average molecular weight is 388 g/mol. The molecule has 4 N–H and O–H groups in total. The lowest BCUT2D eigenvalue weighted by molar-refractivity contribution is -0.150. The van der Waals surface area contributed by atoms with Crippen molar-refractivity contribution in [1.29, 1.82) is 0 Å². The van der Waals surface area contributed by atoms with E-state index in [0.29, 0.717) is 30.2 Å². The molecular weight excluding hydrogens is 366 g/mol. The number of primary amides is 1. The van der Waals surface area contributed by atoms with E-state index < -0.39 is 30.6 Å². The normalized spacial score (nSPS) is 11.4. The summed E-state index contributed by atoms with van der Waals surface area (Å²) in [6.07, 6.45) is 2.86. The van der Waals surface area contributed by atoms with E-state index in [9.17, 15) is 14.4 Å². The summed E-state index contributed by atoms with van der Waals surface area (Å²) in [5.74, 6) is -0.456. The first-order chi connectivity index (χ1) is 11.9. The molecule has 1 aromatic carbocycles. The maximum absolute atomic E-state index is 11.9. The molecule has 9 heteroatoms. The van der Waals surface area contributed by atoms with Crippen LogP contribution in [-0.4, -0.2) is 49.1 Å². The fourth-order valence-corrected chi connectivity index (χ4v) is 2.67. The summed E-state index contributed by atoms with van der Waals surface area (Å²) in [5, 5.41) is 5.60. The van der Waals surface area contributed by atoms with Gasteiger partial charge in [0, 0.05) is 11.6 Å². The van der Waals surface area contributed by atoms with Crippen molar-refractivity contribution in [3.63, 3.8) is 0 Å². The molecule has 0 heterocycles. The fourth-order valence-electron chi connectivity index (χ4n) is 1.98. The van der Waals surface area contributed by atoms with E-state index in [4.69, 9.17) is 22.1 Å². The summed E-state index contributed by atoms with van der Waals surface area (Å²) >= 11 is 7.41. The molecule has 0 aliphatic carbocycles. The van der Waals surface area contributed by atoms with E-state index in [0.717, 1.165) is 5.56 Å². The van der Waals surface area contributed by atoms with Gasteiger partial charge in [-0.15, -0.1) is 0 Å². The lowest BCUT2D eigenvalue weighted by Gasteiger charge is -2.15. The molecule has 0 spiro atoms. The molecule has 0 aliphatic heterocycles. The number of amides is 3. The van der Waals surface area contributed by atoms with Gasteiger partial charge in [0.15, 0.2) is 6.61 Å². The minimum absolute atomic E-state index is 0.374. The van der Waals surface area contributed by atoms with Crippen molar-refractivity contribution in [2.75, 3.05) is 25.2 Å². The second-order valence-corrected chi connectivity index (χ2v) is 6.60. The van der Waals surface area contributed by atoms with E-state index in [-0.39, 0.29) is 0 Å². The van der Waals surface area contributed by atoms with Crippen LogP contribution in [0.25, 0.3) is 0 Å². The maximum Gasteiger partial charge on any atom is 0.329 e. The molecule has 138 valence electrons. The van der Waals surface area contributed by atoms with Crippen molar-refractivity contribution >= 4 is 41.3 Å². The van der Waals surface area contributed by atoms with E-state index in [2.05, 4.69) is 10.6 Å². The van der Waals surface area contributed by atoms with Crippen molar-refractivity contribution < 1.29 is 19.1 Å². The molecule has 0 aliphatic rings. The Kier molecular flexibility index (Phi) is 9.79. The van der Waals surface area contributed by atoms with Gasteiger partial charge in [-0.2, -0.15) is 11.8 Å². The zero-order valence-electron chi connectivity index (χ0n) is 13.9. The number of rotatable bonds is 10. The number of halogens is 1. The largest absolute Gasteiger partial charge is 0.454 e. The van der Waals surface area contributed by atoms with Crippen LogP contribution in [0.3, 0.4) is 0 Å². The summed E-state index contributed by atoms with van der Waals surface area (Å²) in [7, 11) is 0. The lowest BCUT2D eigenvalue weighted by Crippen LogP contribution is -2.45. The van der Waals surface area contributed by atoms with Crippen LogP contribution >= 0.6 is 23.4 Å². The first-order valence-corrected chi connectivity index (χ1v) is 9.42. The van der Waals surface area contributed by atoms with Gasteiger partial charge in [0.05, 0.1) is 0 Å². The molecule has 0 fully saturated rings. The van der Waals surface area contributed by atoms with Crippen LogP contribution < -0.4 is 16.4 Å². The molecule has 0 aromatic heterocycles. The second-order valence-electron chi connectivity index (χ2n) is 5.18. The van der Waals surface area contributed by atoms with Gasteiger partial charge in [0.1, 0.15) is 6.04 Å². The van der Waals surface area contributed by atoms with Crippen LogP contribution in [0, 0.1) is 0 Å². The maximum atomic E-state index is 11.9. The Labute approximate surface area is 156 Å². The summed E-state index contributed by atoms with van der Waals surface area (Å²) in [4.78, 5) is 34.6. The number of hydrogen-bond acceptors (Lipinski definition) is 5. The topological polar surface area (TPSA) is 111 Å². The number of nitrogens with two attached hydrogens (primary N) is 1. The van der Waals surface area contributed by atoms with Crippen LogP contribution in [0.2, 0.25) is 5.02 Å². The van der Waals surface area contributed by atoms with Gasteiger partial charge in [0.25, 0.3) is 5.91 Å². The Bertz CT molecular complexity index is 600. The number of nitrogens with one attached hydrogen (secondary N) is 2. The minimum atomic E-state index is -0.857. The zero-order valence-corrected chi connectivity index (χ0v) is 15.5. The van der Waals surface area contributed by atoms with E-state index >= 15 is 0 Å². The number of thioether (sulfide) groups is 1. The first kappa shape index (κ1) is 21.1. The predicted molar refractivity (Wildman–Crippen MR) is 98.6 cm³/mol. The molecule has 1 atom stereocenters. The monoisotopic (exact) mass is 387 g/mol. The molecule has 3 amide bonds. The summed E-state index contributed by atoms with van der Waals surface area (Å²) < 4.78 is 4.93. The standard InChI is InChI=1S/C16H22ClN3O4S/c1-25-8-6-13(20-16(18)23)15(22)24-10-14(21)19-7-5-11-3-2-4-12(17)9-11/h2-4,9,13H,5-8,10H2,1H3,(H,19,21)(H3,18,20,23)/t13-/m1/s1. The lowest BCUT2D eigenvalue weighted by atomic mass is 10.1. The number of esters is 1. The van der Waals surface area contributed by atoms with Crippen LogP contribution in [0.4, 0.5) is 4.79 Å². The van der Waals surface area contributed by atoms with E-state index in [1.165, 1.54) is 11.8 Å². The molecule has 0 saturated carbocycles. The SMILES string of the molecule is CSCC[C@@H](NC(N)=O)C(=O)OCC(=O)NCCc1cccc(Cl)c1. The minimum Gasteiger partial charge on any atom is -0.454 e. The van der Waals surface area contributed by atoms with Gasteiger partial charge in [0.2, 0.25) is 0 Å². The second kappa shape index (κ2) is 11.6. The third kappa shape index (κ3) is 9.21. The number of ether oxygens (including phenoxy) is 1. The highest BCUT2D eigenvalue weighted by molar-refractivity contribution is 7.98. The number of hydrogen-bond donors (Lipinski definition) is 3. The molecule has 0 radical (unpaired) electrons. The number of carbonyl (C=O) groups is 3. The van der Waals surface area contributed by atoms with Crippen LogP contribution in [0.15, 0.2) is 24.3 Å². The van der Waals surface area contributed by atoms with Gasteiger partial charge in [-0.05, 0) is 42.5 Å².